The van der Waals surface area contributed by atoms with Crippen molar-refractivity contribution in [2.24, 2.45) is 5.73 Å². The third kappa shape index (κ3) is 3.51. The molecule has 2 N–H and O–H groups in total. The fourth-order valence-electron chi connectivity index (χ4n) is 2.32. The van der Waals surface area contributed by atoms with Gasteiger partial charge in [0.2, 0.25) is 0 Å². The Morgan fingerprint density at radius 1 is 1.33 bits per heavy atom. The van der Waals surface area contributed by atoms with Crippen LogP contribution in [0.1, 0.15) is 36.4 Å². The Labute approximate surface area is 113 Å². The average molecular weight is 270 g/mol. The van der Waals surface area contributed by atoms with E-state index in [2.05, 4.69) is 10.4 Å². The van der Waals surface area contributed by atoms with Crippen LogP contribution in [-0.2, 0) is 21.4 Å². The van der Waals surface area contributed by atoms with Crippen molar-refractivity contribution in [1.82, 2.24) is 4.98 Å². The van der Waals surface area contributed by atoms with Crippen molar-refractivity contribution < 1.29 is 9.47 Å². The van der Waals surface area contributed by atoms with Crippen molar-refractivity contribution in [3.63, 3.8) is 0 Å². The first-order valence-corrected chi connectivity index (χ1v) is 7.43. The normalized spacial score (nSPS) is 18.3. The maximum absolute atomic E-state index is 6.38. The van der Waals surface area contributed by atoms with E-state index in [1.807, 2.05) is 0 Å². The van der Waals surface area contributed by atoms with Crippen LogP contribution in [0.25, 0.3) is 0 Å². The van der Waals surface area contributed by atoms with Gasteiger partial charge in [0.15, 0.2) is 0 Å². The molecule has 0 bridgehead atoms. The Morgan fingerprint density at radius 3 is 2.83 bits per heavy atom. The molecule has 0 aromatic carbocycles. The van der Waals surface area contributed by atoms with Crippen LogP contribution in [0.15, 0.2) is 5.38 Å². The minimum atomic E-state index is -0.161. The van der Waals surface area contributed by atoms with Crippen molar-refractivity contribution in [1.29, 1.82) is 0 Å². The highest BCUT2D eigenvalue weighted by Gasteiger charge is 2.33. The van der Waals surface area contributed by atoms with Crippen LogP contribution in [-0.4, -0.2) is 31.9 Å². The van der Waals surface area contributed by atoms with Gasteiger partial charge in [0.25, 0.3) is 0 Å². The van der Waals surface area contributed by atoms with Crippen molar-refractivity contribution in [3.05, 3.63) is 16.1 Å². The summed E-state index contributed by atoms with van der Waals surface area (Å²) in [6, 6.07) is 0. The summed E-state index contributed by atoms with van der Waals surface area (Å²) < 4.78 is 10.4. The predicted molar refractivity (Wildman–Crippen MR) is 72.8 cm³/mol. The Kier molecular flexibility index (Phi) is 5.12. The zero-order valence-corrected chi connectivity index (χ0v) is 11.8. The average Bonchev–Trinajstić information content (AvgIpc) is 2.99. The summed E-state index contributed by atoms with van der Waals surface area (Å²) in [4.78, 5) is 4.66. The number of ether oxygens (including phenoxy) is 2. The van der Waals surface area contributed by atoms with E-state index in [-0.39, 0.29) is 5.54 Å². The van der Waals surface area contributed by atoms with Crippen molar-refractivity contribution >= 4 is 11.3 Å². The van der Waals surface area contributed by atoms with Crippen LogP contribution in [0, 0.1) is 0 Å². The zero-order valence-electron chi connectivity index (χ0n) is 11.0. The molecule has 0 aliphatic heterocycles. The molecule has 2 rings (SSSR count). The van der Waals surface area contributed by atoms with Crippen LogP contribution >= 0.6 is 11.3 Å². The predicted octanol–water partition coefficient (Wildman–Crippen LogP) is 2.08. The minimum Gasteiger partial charge on any atom is -0.382 e. The maximum Gasteiger partial charge on any atom is 0.0952 e. The summed E-state index contributed by atoms with van der Waals surface area (Å²) in [5.74, 6) is 0. The number of hydrogen-bond acceptors (Lipinski definition) is 5. The van der Waals surface area contributed by atoms with E-state index in [1.54, 1.807) is 18.4 Å². The lowest BCUT2D eigenvalue weighted by Crippen LogP contribution is -2.33. The van der Waals surface area contributed by atoms with Gasteiger partial charge in [0, 0.05) is 18.9 Å². The summed E-state index contributed by atoms with van der Waals surface area (Å²) in [5, 5.41) is 3.25. The van der Waals surface area contributed by atoms with E-state index >= 15 is 0 Å². The van der Waals surface area contributed by atoms with Gasteiger partial charge in [-0.1, -0.05) is 12.8 Å². The van der Waals surface area contributed by atoms with Crippen LogP contribution < -0.4 is 5.73 Å². The van der Waals surface area contributed by atoms with E-state index in [0.717, 1.165) is 30.0 Å². The second kappa shape index (κ2) is 6.61. The molecule has 1 aromatic rings. The molecular formula is C13H22N2O2S. The smallest absolute Gasteiger partial charge is 0.0952 e. The van der Waals surface area contributed by atoms with Gasteiger partial charge in [-0.25, -0.2) is 4.98 Å². The third-order valence-electron chi connectivity index (χ3n) is 3.45. The molecule has 1 aliphatic rings. The lowest BCUT2D eigenvalue weighted by molar-refractivity contribution is 0.0722. The number of nitrogens with two attached hydrogens (primary N) is 1. The van der Waals surface area contributed by atoms with Crippen molar-refractivity contribution in [2.75, 3.05) is 26.9 Å². The molecule has 1 fully saturated rings. The van der Waals surface area contributed by atoms with Crippen LogP contribution in [0.5, 0.6) is 0 Å². The van der Waals surface area contributed by atoms with Gasteiger partial charge < -0.3 is 15.2 Å². The standard InChI is InChI=1S/C13H22N2O2S/c1-16-8-9-17-7-4-12-15-11(10-18-12)13(14)5-2-3-6-13/h10H,2-9,14H2,1H3. The molecule has 5 heteroatoms. The van der Waals surface area contributed by atoms with E-state index in [1.165, 1.54) is 12.8 Å². The quantitative estimate of drug-likeness (QED) is 0.771. The summed E-state index contributed by atoms with van der Waals surface area (Å²) in [7, 11) is 1.68. The fraction of sp³-hybridized carbons (Fsp3) is 0.769. The fourth-order valence-corrected chi connectivity index (χ4v) is 3.21. The molecule has 102 valence electrons. The zero-order chi connectivity index (χ0) is 12.8. The number of hydrogen-bond donors (Lipinski definition) is 1. The highest BCUT2D eigenvalue weighted by molar-refractivity contribution is 7.09. The molecule has 0 saturated heterocycles. The van der Waals surface area contributed by atoms with Crippen molar-refractivity contribution in [3.8, 4) is 0 Å². The highest BCUT2D eigenvalue weighted by atomic mass is 32.1. The molecule has 4 nitrogen and oxygen atoms in total. The first kappa shape index (κ1) is 13.9. The summed E-state index contributed by atoms with van der Waals surface area (Å²) in [6.07, 6.45) is 5.46. The van der Waals surface area contributed by atoms with Gasteiger partial charge in [-0.05, 0) is 12.8 Å². The largest absolute Gasteiger partial charge is 0.382 e. The minimum absolute atomic E-state index is 0.161. The van der Waals surface area contributed by atoms with Gasteiger partial charge in [-0.2, -0.15) is 0 Å². The first-order chi connectivity index (χ1) is 8.74. The number of aromatic nitrogens is 1. The number of nitrogens with zero attached hydrogens (tertiary/aromatic N) is 1. The Bertz CT molecular complexity index is 362. The second-order valence-electron chi connectivity index (χ2n) is 4.84. The molecule has 1 heterocycles. The first-order valence-electron chi connectivity index (χ1n) is 6.55. The molecule has 0 unspecified atom stereocenters. The highest BCUT2D eigenvalue weighted by Crippen LogP contribution is 2.36. The molecule has 0 atom stereocenters. The van der Waals surface area contributed by atoms with Crippen LogP contribution in [0.2, 0.25) is 0 Å². The van der Waals surface area contributed by atoms with Crippen molar-refractivity contribution in [2.45, 2.75) is 37.6 Å². The molecule has 1 aromatic heterocycles. The van der Waals surface area contributed by atoms with Gasteiger partial charge in [0.1, 0.15) is 0 Å². The second-order valence-corrected chi connectivity index (χ2v) is 5.79. The summed E-state index contributed by atoms with van der Waals surface area (Å²) in [5.41, 5.74) is 7.30. The number of rotatable bonds is 7. The molecule has 1 saturated carbocycles. The van der Waals surface area contributed by atoms with E-state index in [9.17, 15) is 0 Å². The SMILES string of the molecule is COCCOCCc1nc(C2(N)CCCC2)cs1. The Morgan fingerprint density at radius 2 is 2.11 bits per heavy atom. The number of thiazole rings is 1. The van der Waals surface area contributed by atoms with E-state index in [0.29, 0.717) is 19.8 Å². The van der Waals surface area contributed by atoms with Crippen LogP contribution in [0.4, 0.5) is 0 Å². The molecule has 0 radical (unpaired) electrons. The topological polar surface area (TPSA) is 57.4 Å². The number of methoxy groups -OCH3 is 1. The summed E-state index contributed by atoms with van der Waals surface area (Å²) in [6.45, 7) is 2.00. The van der Waals surface area contributed by atoms with Gasteiger partial charge in [-0.15, -0.1) is 11.3 Å². The van der Waals surface area contributed by atoms with Gasteiger partial charge in [-0.3, -0.25) is 0 Å². The van der Waals surface area contributed by atoms with Gasteiger partial charge >= 0.3 is 0 Å². The van der Waals surface area contributed by atoms with E-state index < -0.39 is 0 Å². The lowest BCUT2D eigenvalue weighted by Gasteiger charge is -2.20. The lowest BCUT2D eigenvalue weighted by atomic mass is 9.96. The molecule has 18 heavy (non-hydrogen) atoms. The Balaban J connectivity index is 1.79. The molecular weight excluding hydrogens is 248 g/mol. The van der Waals surface area contributed by atoms with Crippen LogP contribution in [0.3, 0.4) is 0 Å². The molecule has 1 aliphatic carbocycles. The molecule has 0 amide bonds. The Hall–Kier alpha value is -0.490. The van der Waals surface area contributed by atoms with Gasteiger partial charge in [0.05, 0.1) is 36.1 Å². The maximum atomic E-state index is 6.38. The monoisotopic (exact) mass is 270 g/mol. The summed E-state index contributed by atoms with van der Waals surface area (Å²) >= 11 is 1.70. The van der Waals surface area contributed by atoms with E-state index in [4.69, 9.17) is 15.2 Å². The third-order valence-corrected chi connectivity index (χ3v) is 4.36. The molecule has 0 spiro atoms.